The van der Waals surface area contributed by atoms with Gasteiger partial charge in [0, 0.05) is 31.2 Å². The van der Waals surface area contributed by atoms with Crippen LogP contribution in [0.2, 0.25) is 0 Å². The van der Waals surface area contributed by atoms with Crippen molar-refractivity contribution in [3.63, 3.8) is 0 Å². The Hall–Kier alpha value is -1.17. The molecule has 0 aliphatic carbocycles. The van der Waals surface area contributed by atoms with Crippen LogP contribution in [0.15, 0.2) is 18.2 Å². The van der Waals surface area contributed by atoms with Crippen LogP contribution < -0.4 is 10.1 Å². The number of rotatable bonds is 5. The number of hydrogen-bond donors (Lipinski definition) is 1. The van der Waals surface area contributed by atoms with Crippen molar-refractivity contribution in [3.8, 4) is 5.75 Å². The lowest BCUT2D eigenvalue weighted by Gasteiger charge is -2.28. The minimum atomic E-state index is -0.233. The fourth-order valence-corrected chi connectivity index (χ4v) is 2.34. The van der Waals surface area contributed by atoms with Gasteiger partial charge in [0.05, 0.1) is 20.3 Å². The van der Waals surface area contributed by atoms with Gasteiger partial charge in [0.15, 0.2) is 0 Å². The Balaban J connectivity index is 1.93. The maximum atomic E-state index is 13.3. The molecule has 0 saturated carbocycles. The smallest absolute Gasteiger partial charge is 0.123 e. The monoisotopic (exact) mass is 268 g/mol. The molecule has 0 aromatic heterocycles. The fourth-order valence-electron chi connectivity index (χ4n) is 2.34. The Labute approximate surface area is 113 Å². The molecule has 1 fully saturated rings. The van der Waals surface area contributed by atoms with Crippen LogP contribution in [0.3, 0.4) is 0 Å². The highest BCUT2D eigenvalue weighted by Crippen LogP contribution is 2.20. The van der Waals surface area contributed by atoms with Gasteiger partial charge in [0.1, 0.15) is 11.6 Å². The van der Waals surface area contributed by atoms with Crippen molar-refractivity contribution in [1.29, 1.82) is 0 Å². The Bertz CT molecular complexity index is 408. The number of ether oxygens (including phenoxy) is 2. The summed E-state index contributed by atoms with van der Waals surface area (Å²) < 4.78 is 24.0. The minimum absolute atomic E-state index is 0.233. The van der Waals surface area contributed by atoms with Crippen LogP contribution in [0.5, 0.6) is 5.75 Å². The number of benzene rings is 1. The van der Waals surface area contributed by atoms with Crippen molar-refractivity contribution in [2.45, 2.75) is 12.6 Å². The summed E-state index contributed by atoms with van der Waals surface area (Å²) in [6.45, 7) is 3.91. The summed E-state index contributed by atoms with van der Waals surface area (Å²) in [4.78, 5) is 2.14. The molecule has 1 N–H and O–H groups in total. The highest BCUT2D eigenvalue weighted by atomic mass is 19.1. The van der Waals surface area contributed by atoms with E-state index in [4.69, 9.17) is 9.47 Å². The Morgan fingerprint density at radius 3 is 3.05 bits per heavy atom. The number of likely N-dealkylation sites (N-methyl/N-ethyl adjacent to an activating group) is 1. The van der Waals surface area contributed by atoms with Gasteiger partial charge in [-0.2, -0.15) is 0 Å². The largest absolute Gasteiger partial charge is 0.496 e. The summed E-state index contributed by atoms with van der Waals surface area (Å²) in [7, 11) is 3.62. The topological polar surface area (TPSA) is 33.7 Å². The van der Waals surface area contributed by atoms with Gasteiger partial charge in [-0.15, -0.1) is 0 Å². The lowest BCUT2D eigenvalue weighted by Crippen LogP contribution is -2.47. The van der Waals surface area contributed by atoms with Crippen molar-refractivity contribution in [1.82, 2.24) is 10.2 Å². The molecule has 1 aliphatic heterocycles. The number of halogens is 1. The maximum absolute atomic E-state index is 13.3. The van der Waals surface area contributed by atoms with Crippen molar-refractivity contribution < 1.29 is 13.9 Å². The van der Waals surface area contributed by atoms with Gasteiger partial charge in [0.25, 0.3) is 0 Å². The van der Waals surface area contributed by atoms with Gasteiger partial charge in [-0.1, -0.05) is 0 Å². The van der Waals surface area contributed by atoms with Crippen molar-refractivity contribution in [2.24, 2.45) is 0 Å². The lowest BCUT2D eigenvalue weighted by atomic mass is 10.1. The molecular weight excluding hydrogens is 247 g/mol. The van der Waals surface area contributed by atoms with Gasteiger partial charge in [-0.25, -0.2) is 4.39 Å². The maximum Gasteiger partial charge on any atom is 0.123 e. The number of nitrogens with zero attached hydrogens (tertiary/aromatic N) is 1. The van der Waals surface area contributed by atoms with Crippen LogP contribution in [0, 0.1) is 5.82 Å². The van der Waals surface area contributed by atoms with E-state index in [9.17, 15) is 4.39 Å². The highest BCUT2D eigenvalue weighted by molar-refractivity contribution is 5.33. The Kier molecular flexibility index (Phi) is 5.13. The van der Waals surface area contributed by atoms with E-state index in [0.717, 1.165) is 37.6 Å². The van der Waals surface area contributed by atoms with E-state index in [1.807, 2.05) is 7.05 Å². The summed E-state index contributed by atoms with van der Waals surface area (Å²) >= 11 is 0. The first kappa shape index (κ1) is 14.2. The second-order valence-electron chi connectivity index (χ2n) is 4.88. The van der Waals surface area contributed by atoms with E-state index in [2.05, 4.69) is 10.2 Å². The molecule has 1 aromatic rings. The van der Waals surface area contributed by atoms with E-state index in [0.29, 0.717) is 12.6 Å². The summed E-state index contributed by atoms with van der Waals surface area (Å²) in [5.41, 5.74) is 0.863. The molecule has 5 heteroatoms. The predicted molar refractivity (Wildman–Crippen MR) is 71.9 cm³/mol. The molecule has 1 saturated heterocycles. The first-order valence-electron chi connectivity index (χ1n) is 6.51. The number of methoxy groups -OCH3 is 1. The zero-order valence-electron chi connectivity index (χ0n) is 11.5. The van der Waals surface area contributed by atoms with Crippen LogP contribution >= 0.6 is 0 Å². The molecule has 2 rings (SSSR count). The van der Waals surface area contributed by atoms with E-state index in [-0.39, 0.29) is 5.82 Å². The second kappa shape index (κ2) is 6.84. The summed E-state index contributed by atoms with van der Waals surface area (Å²) in [6, 6.07) is 4.94. The SMILES string of the molecule is COc1ccc(F)cc1CN(C)CC1COCCN1. The average molecular weight is 268 g/mol. The highest BCUT2D eigenvalue weighted by Gasteiger charge is 2.16. The van der Waals surface area contributed by atoms with E-state index in [1.54, 1.807) is 13.2 Å². The van der Waals surface area contributed by atoms with E-state index >= 15 is 0 Å². The number of hydrogen-bond acceptors (Lipinski definition) is 4. The van der Waals surface area contributed by atoms with Crippen molar-refractivity contribution >= 4 is 0 Å². The molecule has 1 aliphatic rings. The average Bonchev–Trinajstić information content (AvgIpc) is 2.40. The van der Waals surface area contributed by atoms with Gasteiger partial charge < -0.3 is 19.7 Å². The van der Waals surface area contributed by atoms with E-state index in [1.165, 1.54) is 12.1 Å². The second-order valence-corrected chi connectivity index (χ2v) is 4.88. The molecule has 106 valence electrons. The van der Waals surface area contributed by atoms with Crippen molar-refractivity contribution in [2.75, 3.05) is 40.5 Å². The zero-order valence-corrected chi connectivity index (χ0v) is 11.5. The third-order valence-corrected chi connectivity index (χ3v) is 3.21. The quantitative estimate of drug-likeness (QED) is 0.871. The summed E-state index contributed by atoms with van der Waals surface area (Å²) in [6.07, 6.45) is 0. The molecule has 1 heterocycles. The molecular formula is C14H21FN2O2. The first-order chi connectivity index (χ1) is 9.19. The normalized spacial score (nSPS) is 19.7. The molecule has 0 bridgehead atoms. The van der Waals surface area contributed by atoms with Gasteiger partial charge in [-0.05, 0) is 25.2 Å². The first-order valence-corrected chi connectivity index (χ1v) is 6.51. The molecule has 0 radical (unpaired) electrons. The predicted octanol–water partition coefficient (Wildman–Crippen LogP) is 1.25. The summed E-state index contributed by atoms with van der Waals surface area (Å²) in [5.74, 6) is 0.490. The molecule has 1 aromatic carbocycles. The van der Waals surface area contributed by atoms with Gasteiger partial charge >= 0.3 is 0 Å². The molecule has 0 amide bonds. The molecule has 4 nitrogen and oxygen atoms in total. The van der Waals surface area contributed by atoms with Crippen LogP contribution in [-0.4, -0.2) is 51.4 Å². The summed E-state index contributed by atoms with van der Waals surface area (Å²) in [5, 5.41) is 3.40. The number of morpholine rings is 1. The molecule has 1 unspecified atom stereocenters. The van der Waals surface area contributed by atoms with Gasteiger partial charge in [-0.3, -0.25) is 0 Å². The molecule has 0 spiro atoms. The fraction of sp³-hybridized carbons (Fsp3) is 0.571. The van der Waals surface area contributed by atoms with Crippen LogP contribution in [0.1, 0.15) is 5.56 Å². The van der Waals surface area contributed by atoms with Crippen molar-refractivity contribution in [3.05, 3.63) is 29.6 Å². The Morgan fingerprint density at radius 1 is 1.53 bits per heavy atom. The van der Waals surface area contributed by atoms with Gasteiger partial charge in [0.2, 0.25) is 0 Å². The zero-order chi connectivity index (χ0) is 13.7. The molecule has 1 atom stereocenters. The van der Waals surface area contributed by atoms with Crippen LogP contribution in [0.25, 0.3) is 0 Å². The van der Waals surface area contributed by atoms with Crippen LogP contribution in [0.4, 0.5) is 4.39 Å². The van der Waals surface area contributed by atoms with E-state index < -0.39 is 0 Å². The third kappa shape index (κ3) is 4.16. The third-order valence-electron chi connectivity index (χ3n) is 3.21. The minimum Gasteiger partial charge on any atom is -0.496 e. The Morgan fingerprint density at radius 2 is 2.37 bits per heavy atom. The molecule has 19 heavy (non-hydrogen) atoms. The number of nitrogens with one attached hydrogen (secondary N) is 1. The lowest BCUT2D eigenvalue weighted by molar-refractivity contribution is 0.0644. The standard InChI is InChI=1S/C14H21FN2O2/c1-17(9-13-10-19-6-5-16-13)8-11-7-12(15)3-4-14(11)18-2/h3-4,7,13,16H,5-6,8-10H2,1-2H3. The van der Waals surface area contributed by atoms with Crippen LogP contribution in [-0.2, 0) is 11.3 Å².